The van der Waals surface area contributed by atoms with E-state index in [1.165, 1.54) is 5.56 Å². The number of fused-ring (bicyclic) bond motifs is 3. The lowest BCUT2D eigenvalue weighted by Gasteiger charge is -2.06. The Hall–Kier alpha value is -2.75. The zero-order valence-electron chi connectivity index (χ0n) is 11.0. The minimum absolute atomic E-state index is 0.785. The van der Waals surface area contributed by atoms with E-state index < -0.39 is 0 Å². The van der Waals surface area contributed by atoms with Crippen LogP contribution in [0, 0.1) is 6.92 Å². The van der Waals surface area contributed by atoms with Crippen molar-refractivity contribution in [1.82, 2.24) is 19.6 Å². The first kappa shape index (κ1) is 11.1. The maximum Gasteiger partial charge on any atom is 0.187 e. The highest BCUT2D eigenvalue weighted by Gasteiger charge is 2.11. The van der Waals surface area contributed by atoms with Crippen molar-refractivity contribution in [1.29, 1.82) is 0 Å². The molecule has 0 N–H and O–H groups in total. The summed E-state index contributed by atoms with van der Waals surface area (Å²) in [4.78, 5) is 4.75. The standard InChI is InChI=1S/C16H12N4/c1-11-6-8-12(9-7-11)15-16-19-17-10-20(16)14-5-3-2-4-13(14)18-15/h2-10H,1H3. The second kappa shape index (κ2) is 4.13. The fourth-order valence-corrected chi connectivity index (χ4v) is 2.41. The summed E-state index contributed by atoms with van der Waals surface area (Å²) in [6.07, 6.45) is 1.73. The maximum atomic E-state index is 4.75. The molecule has 0 unspecified atom stereocenters. The molecule has 2 aromatic heterocycles. The quantitative estimate of drug-likeness (QED) is 0.527. The van der Waals surface area contributed by atoms with E-state index in [2.05, 4.69) is 41.4 Å². The Bertz CT molecular complexity index is 907. The summed E-state index contributed by atoms with van der Waals surface area (Å²) in [7, 11) is 0. The second-order valence-electron chi connectivity index (χ2n) is 4.84. The monoisotopic (exact) mass is 260 g/mol. The van der Waals surface area contributed by atoms with Gasteiger partial charge in [0.1, 0.15) is 12.0 Å². The molecule has 2 heterocycles. The van der Waals surface area contributed by atoms with E-state index in [1.807, 2.05) is 28.7 Å². The van der Waals surface area contributed by atoms with Crippen LogP contribution in [0.4, 0.5) is 0 Å². The molecule has 0 aliphatic carbocycles. The summed E-state index contributed by atoms with van der Waals surface area (Å²) < 4.78 is 1.98. The molecule has 4 aromatic rings. The van der Waals surface area contributed by atoms with Crippen molar-refractivity contribution in [2.24, 2.45) is 0 Å². The second-order valence-corrected chi connectivity index (χ2v) is 4.84. The number of aryl methyl sites for hydroxylation is 1. The van der Waals surface area contributed by atoms with Gasteiger partial charge in [-0.05, 0) is 19.1 Å². The molecule has 0 fully saturated rings. The van der Waals surface area contributed by atoms with Gasteiger partial charge in [-0.3, -0.25) is 4.40 Å². The van der Waals surface area contributed by atoms with E-state index in [9.17, 15) is 0 Å². The number of nitrogens with zero attached hydrogens (tertiary/aromatic N) is 4. The molecule has 0 aliphatic rings. The number of aromatic nitrogens is 4. The van der Waals surface area contributed by atoms with E-state index >= 15 is 0 Å². The van der Waals surface area contributed by atoms with Gasteiger partial charge >= 0.3 is 0 Å². The zero-order chi connectivity index (χ0) is 13.5. The third kappa shape index (κ3) is 1.58. The van der Waals surface area contributed by atoms with Crippen molar-refractivity contribution >= 4 is 16.7 Å². The van der Waals surface area contributed by atoms with E-state index in [0.29, 0.717) is 0 Å². The van der Waals surface area contributed by atoms with Crippen LogP contribution < -0.4 is 0 Å². The van der Waals surface area contributed by atoms with Gasteiger partial charge in [0, 0.05) is 5.56 Å². The van der Waals surface area contributed by atoms with Crippen LogP contribution in [0.2, 0.25) is 0 Å². The lowest BCUT2D eigenvalue weighted by Crippen LogP contribution is -1.95. The van der Waals surface area contributed by atoms with Crippen LogP contribution in [-0.4, -0.2) is 19.6 Å². The topological polar surface area (TPSA) is 43.1 Å². The molecule has 4 rings (SSSR count). The normalized spacial score (nSPS) is 11.2. The molecule has 0 saturated carbocycles. The lowest BCUT2D eigenvalue weighted by molar-refractivity contribution is 1.11. The van der Waals surface area contributed by atoms with Crippen LogP contribution >= 0.6 is 0 Å². The average molecular weight is 260 g/mol. The zero-order valence-corrected chi connectivity index (χ0v) is 11.0. The highest BCUT2D eigenvalue weighted by atomic mass is 15.2. The number of hydrogen-bond acceptors (Lipinski definition) is 3. The maximum absolute atomic E-state index is 4.75. The van der Waals surface area contributed by atoms with Crippen molar-refractivity contribution in [2.75, 3.05) is 0 Å². The summed E-state index contributed by atoms with van der Waals surface area (Å²) in [5.41, 5.74) is 5.89. The van der Waals surface area contributed by atoms with E-state index in [-0.39, 0.29) is 0 Å². The molecule has 0 saturated heterocycles. The van der Waals surface area contributed by atoms with Gasteiger partial charge in [-0.15, -0.1) is 10.2 Å². The van der Waals surface area contributed by atoms with E-state index in [4.69, 9.17) is 4.98 Å². The lowest BCUT2D eigenvalue weighted by atomic mass is 10.1. The molecular weight excluding hydrogens is 248 g/mol. The Morgan fingerprint density at radius 1 is 0.950 bits per heavy atom. The molecule has 96 valence electrons. The highest BCUT2D eigenvalue weighted by molar-refractivity contribution is 5.85. The van der Waals surface area contributed by atoms with Crippen LogP contribution in [0.3, 0.4) is 0 Å². The van der Waals surface area contributed by atoms with Gasteiger partial charge in [0.25, 0.3) is 0 Å². The van der Waals surface area contributed by atoms with Crippen LogP contribution in [-0.2, 0) is 0 Å². The molecule has 20 heavy (non-hydrogen) atoms. The van der Waals surface area contributed by atoms with Gasteiger partial charge < -0.3 is 0 Å². The Kier molecular flexibility index (Phi) is 2.29. The van der Waals surface area contributed by atoms with Gasteiger partial charge in [-0.1, -0.05) is 42.0 Å². The van der Waals surface area contributed by atoms with Crippen molar-refractivity contribution < 1.29 is 0 Å². The Balaban J connectivity index is 2.11. The third-order valence-electron chi connectivity index (χ3n) is 3.46. The molecule has 0 atom stereocenters. The van der Waals surface area contributed by atoms with Crippen LogP contribution in [0.25, 0.3) is 27.9 Å². The van der Waals surface area contributed by atoms with Gasteiger partial charge in [0.05, 0.1) is 11.0 Å². The fraction of sp³-hybridized carbons (Fsp3) is 0.0625. The largest absolute Gasteiger partial charge is 0.278 e. The van der Waals surface area contributed by atoms with Gasteiger partial charge in [0.2, 0.25) is 0 Å². The predicted octanol–water partition coefficient (Wildman–Crippen LogP) is 3.25. The van der Waals surface area contributed by atoms with E-state index in [0.717, 1.165) is 27.9 Å². The molecule has 0 radical (unpaired) electrons. The molecule has 0 bridgehead atoms. The minimum Gasteiger partial charge on any atom is -0.278 e. The molecule has 2 aromatic carbocycles. The van der Waals surface area contributed by atoms with Gasteiger partial charge in [0.15, 0.2) is 5.65 Å². The summed E-state index contributed by atoms with van der Waals surface area (Å²) in [6.45, 7) is 2.07. The Labute approximate surface area is 115 Å². The summed E-state index contributed by atoms with van der Waals surface area (Å²) in [6, 6.07) is 16.3. The SMILES string of the molecule is Cc1ccc(-c2nc3ccccc3n3cnnc23)cc1. The number of para-hydroxylation sites is 2. The Morgan fingerprint density at radius 2 is 1.75 bits per heavy atom. The summed E-state index contributed by atoms with van der Waals surface area (Å²) in [5.74, 6) is 0. The summed E-state index contributed by atoms with van der Waals surface area (Å²) >= 11 is 0. The molecule has 0 aliphatic heterocycles. The van der Waals surface area contributed by atoms with E-state index in [1.54, 1.807) is 6.33 Å². The first-order valence-electron chi connectivity index (χ1n) is 6.48. The number of rotatable bonds is 1. The number of benzene rings is 2. The molecule has 0 amide bonds. The smallest absolute Gasteiger partial charge is 0.187 e. The molecule has 4 nitrogen and oxygen atoms in total. The first-order chi connectivity index (χ1) is 9.83. The van der Waals surface area contributed by atoms with Crippen LogP contribution in [0.15, 0.2) is 54.9 Å². The number of hydrogen-bond donors (Lipinski definition) is 0. The predicted molar refractivity (Wildman–Crippen MR) is 78.5 cm³/mol. The van der Waals surface area contributed by atoms with Crippen molar-refractivity contribution in [3.63, 3.8) is 0 Å². The van der Waals surface area contributed by atoms with Crippen molar-refractivity contribution in [3.8, 4) is 11.3 Å². The van der Waals surface area contributed by atoms with Crippen LogP contribution in [0.5, 0.6) is 0 Å². The van der Waals surface area contributed by atoms with Crippen molar-refractivity contribution in [2.45, 2.75) is 6.92 Å². The molecule has 0 spiro atoms. The van der Waals surface area contributed by atoms with Gasteiger partial charge in [-0.25, -0.2) is 4.98 Å². The summed E-state index contributed by atoms with van der Waals surface area (Å²) in [5, 5.41) is 8.25. The first-order valence-corrected chi connectivity index (χ1v) is 6.48. The highest BCUT2D eigenvalue weighted by Crippen LogP contribution is 2.25. The third-order valence-corrected chi connectivity index (χ3v) is 3.46. The van der Waals surface area contributed by atoms with Crippen molar-refractivity contribution in [3.05, 3.63) is 60.4 Å². The van der Waals surface area contributed by atoms with Crippen LogP contribution in [0.1, 0.15) is 5.56 Å². The Morgan fingerprint density at radius 3 is 2.60 bits per heavy atom. The fourth-order valence-electron chi connectivity index (χ4n) is 2.41. The molecule has 4 heteroatoms. The minimum atomic E-state index is 0.785. The molecular formula is C16H12N4. The average Bonchev–Trinajstić information content (AvgIpc) is 2.97. The van der Waals surface area contributed by atoms with Gasteiger partial charge in [-0.2, -0.15) is 0 Å².